The highest BCUT2D eigenvalue weighted by molar-refractivity contribution is 5.76. The van der Waals surface area contributed by atoms with Gasteiger partial charge in [-0.3, -0.25) is 4.68 Å². The van der Waals surface area contributed by atoms with Gasteiger partial charge in [0.05, 0.1) is 18.8 Å². The van der Waals surface area contributed by atoms with Crippen LogP contribution >= 0.6 is 0 Å². The van der Waals surface area contributed by atoms with Gasteiger partial charge in [-0.2, -0.15) is 5.10 Å². The zero-order valence-corrected chi connectivity index (χ0v) is 15.6. The van der Waals surface area contributed by atoms with Crippen LogP contribution in [0.5, 0.6) is 0 Å². The number of hydrogen-bond donors (Lipinski definition) is 0. The van der Waals surface area contributed by atoms with Crippen molar-refractivity contribution in [3.05, 3.63) is 23.5 Å². The Balaban J connectivity index is 2.30. The van der Waals surface area contributed by atoms with Crippen LogP contribution in [0.1, 0.15) is 52.8 Å². The lowest BCUT2D eigenvalue weighted by molar-refractivity contribution is 0.0267. The van der Waals surface area contributed by atoms with Crippen LogP contribution < -0.4 is 0 Å². The standard InChI is InChI=1S/C18H29N3O3/c1-13(2)21-16(7-9-19-21)15-11-20(10-8-14(15)12-23-6)17(22)24-18(3,4)5/h7,9,13H,8,10-12H2,1-6H3. The number of methoxy groups -OCH3 is 1. The summed E-state index contributed by atoms with van der Waals surface area (Å²) in [6.07, 6.45) is 2.32. The molecule has 0 bridgehead atoms. The van der Waals surface area contributed by atoms with Crippen LogP contribution in [0, 0.1) is 0 Å². The molecule has 0 spiro atoms. The van der Waals surface area contributed by atoms with Gasteiger partial charge in [-0.1, -0.05) is 0 Å². The topological polar surface area (TPSA) is 56.6 Å². The average molecular weight is 335 g/mol. The van der Waals surface area contributed by atoms with Crippen LogP contribution in [0.25, 0.3) is 5.57 Å². The number of rotatable bonds is 4. The minimum Gasteiger partial charge on any atom is -0.444 e. The highest BCUT2D eigenvalue weighted by Gasteiger charge is 2.28. The van der Waals surface area contributed by atoms with Crippen molar-refractivity contribution in [3.8, 4) is 0 Å². The molecule has 2 heterocycles. The van der Waals surface area contributed by atoms with Crippen molar-refractivity contribution in [1.82, 2.24) is 14.7 Å². The Bertz CT molecular complexity index is 611. The number of carbonyl (C=O) groups excluding carboxylic acids is 1. The summed E-state index contributed by atoms with van der Waals surface area (Å²) in [6.45, 7) is 11.6. The fraction of sp³-hybridized carbons (Fsp3) is 0.667. The molecule has 6 heteroatoms. The maximum Gasteiger partial charge on any atom is 0.410 e. The van der Waals surface area contributed by atoms with Crippen LogP contribution in [-0.4, -0.2) is 53.2 Å². The Morgan fingerprint density at radius 1 is 1.38 bits per heavy atom. The van der Waals surface area contributed by atoms with Gasteiger partial charge < -0.3 is 14.4 Å². The van der Waals surface area contributed by atoms with Gasteiger partial charge in [-0.25, -0.2) is 4.79 Å². The molecule has 0 fully saturated rings. The molecule has 1 aromatic rings. The van der Waals surface area contributed by atoms with Crippen molar-refractivity contribution in [3.63, 3.8) is 0 Å². The van der Waals surface area contributed by atoms with E-state index < -0.39 is 5.60 Å². The van der Waals surface area contributed by atoms with E-state index >= 15 is 0 Å². The number of ether oxygens (including phenoxy) is 2. The predicted molar refractivity (Wildman–Crippen MR) is 93.8 cm³/mol. The third kappa shape index (κ3) is 4.38. The van der Waals surface area contributed by atoms with E-state index in [1.165, 1.54) is 5.57 Å². The molecule has 0 aliphatic carbocycles. The molecule has 134 valence electrons. The van der Waals surface area contributed by atoms with E-state index in [2.05, 4.69) is 18.9 Å². The number of amides is 1. The quantitative estimate of drug-likeness (QED) is 0.845. The molecule has 0 aromatic carbocycles. The Kier molecular flexibility index (Phi) is 5.70. The van der Waals surface area contributed by atoms with Gasteiger partial charge in [0, 0.05) is 25.9 Å². The van der Waals surface area contributed by atoms with Gasteiger partial charge in [0.25, 0.3) is 0 Å². The van der Waals surface area contributed by atoms with Crippen LogP contribution in [0.2, 0.25) is 0 Å². The molecule has 0 atom stereocenters. The second-order valence-corrected chi connectivity index (χ2v) is 7.42. The monoisotopic (exact) mass is 335 g/mol. The van der Waals surface area contributed by atoms with Crippen molar-refractivity contribution >= 4 is 11.7 Å². The fourth-order valence-corrected chi connectivity index (χ4v) is 2.85. The molecule has 0 N–H and O–H groups in total. The molecule has 6 nitrogen and oxygen atoms in total. The van der Waals surface area contributed by atoms with Gasteiger partial charge in [0.15, 0.2) is 0 Å². The molecule has 0 radical (unpaired) electrons. The zero-order chi connectivity index (χ0) is 17.9. The largest absolute Gasteiger partial charge is 0.444 e. The summed E-state index contributed by atoms with van der Waals surface area (Å²) in [7, 11) is 1.70. The molecular weight excluding hydrogens is 306 g/mol. The van der Waals surface area contributed by atoms with Crippen LogP contribution in [-0.2, 0) is 9.47 Å². The minimum atomic E-state index is -0.493. The first-order valence-corrected chi connectivity index (χ1v) is 8.44. The third-order valence-corrected chi connectivity index (χ3v) is 3.90. The normalized spacial score (nSPS) is 16.0. The minimum absolute atomic E-state index is 0.253. The molecule has 1 amide bonds. The molecule has 0 unspecified atom stereocenters. The maximum absolute atomic E-state index is 12.4. The van der Waals surface area contributed by atoms with Crippen molar-refractivity contribution in [2.45, 2.75) is 52.7 Å². The van der Waals surface area contributed by atoms with Crippen LogP contribution in [0.15, 0.2) is 17.8 Å². The Hall–Kier alpha value is -1.82. The number of hydrogen-bond acceptors (Lipinski definition) is 4. The summed E-state index contributed by atoms with van der Waals surface area (Å²) in [6, 6.07) is 2.26. The molecule has 2 rings (SSSR count). The molecule has 0 saturated heterocycles. The van der Waals surface area contributed by atoms with Gasteiger partial charge in [-0.15, -0.1) is 0 Å². The van der Waals surface area contributed by atoms with Crippen molar-refractivity contribution in [2.75, 3.05) is 26.8 Å². The van der Waals surface area contributed by atoms with E-state index in [4.69, 9.17) is 9.47 Å². The lowest BCUT2D eigenvalue weighted by Gasteiger charge is -2.33. The molecule has 1 aromatic heterocycles. The van der Waals surface area contributed by atoms with Crippen LogP contribution in [0.4, 0.5) is 4.79 Å². The summed E-state index contributed by atoms with van der Waals surface area (Å²) in [4.78, 5) is 14.2. The van der Waals surface area contributed by atoms with Gasteiger partial charge >= 0.3 is 6.09 Å². The van der Waals surface area contributed by atoms with Crippen molar-refractivity contribution in [2.24, 2.45) is 0 Å². The lowest BCUT2D eigenvalue weighted by atomic mass is 9.98. The van der Waals surface area contributed by atoms with E-state index in [1.54, 1.807) is 18.2 Å². The number of carbonyl (C=O) groups is 1. The van der Waals surface area contributed by atoms with Gasteiger partial charge in [0.2, 0.25) is 0 Å². The lowest BCUT2D eigenvalue weighted by Crippen LogP contribution is -2.41. The van der Waals surface area contributed by atoms with E-state index in [-0.39, 0.29) is 12.1 Å². The fourth-order valence-electron chi connectivity index (χ4n) is 2.85. The number of nitrogens with zero attached hydrogens (tertiary/aromatic N) is 3. The van der Waals surface area contributed by atoms with E-state index in [0.717, 1.165) is 17.7 Å². The average Bonchev–Trinajstić information content (AvgIpc) is 2.95. The van der Waals surface area contributed by atoms with Gasteiger partial charge in [0.1, 0.15) is 5.60 Å². The first-order chi connectivity index (χ1) is 11.2. The van der Waals surface area contributed by atoms with E-state index in [1.807, 2.05) is 31.5 Å². The number of aromatic nitrogens is 2. The Morgan fingerprint density at radius 3 is 2.67 bits per heavy atom. The molecule has 1 aliphatic rings. The van der Waals surface area contributed by atoms with Gasteiger partial charge in [-0.05, 0) is 58.3 Å². The predicted octanol–water partition coefficient (Wildman–Crippen LogP) is 3.50. The maximum atomic E-state index is 12.4. The summed E-state index contributed by atoms with van der Waals surface area (Å²) < 4.78 is 12.9. The first-order valence-electron chi connectivity index (χ1n) is 8.44. The van der Waals surface area contributed by atoms with E-state index in [9.17, 15) is 4.79 Å². The van der Waals surface area contributed by atoms with Crippen molar-refractivity contribution < 1.29 is 14.3 Å². The Labute approximate surface area is 144 Å². The SMILES string of the molecule is COCC1=C(c2ccnn2C(C)C)CN(C(=O)OC(C)(C)C)CC1. The highest BCUT2D eigenvalue weighted by atomic mass is 16.6. The Morgan fingerprint density at radius 2 is 2.08 bits per heavy atom. The van der Waals surface area contributed by atoms with Crippen molar-refractivity contribution in [1.29, 1.82) is 0 Å². The second-order valence-electron chi connectivity index (χ2n) is 7.42. The smallest absolute Gasteiger partial charge is 0.410 e. The zero-order valence-electron chi connectivity index (χ0n) is 15.6. The summed E-state index contributed by atoms with van der Waals surface area (Å²) in [5.74, 6) is 0. The van der Waals surface area contributed by atoms with Crippen LogP contribution in [0.3, 0.4) is 0 Å². The van der Waals surface area contributed by atoms with E-state index in [0.29, 0.717) is 19.7 Å². The second kappa shape index (κ2) is 7.38. The summed E-state index contributed by atoms with van der Waals surface area (Å²) in [5.41, 5.74) is 2.89. The highest BCUT2D eigenvalue weighted by Crippen LogP contribution is 2.29. The molecule has 1 aliphatic heterocycles. The summed E-state index contributed by atoms with van der Waals surface area (Å²) >= 11 is 0. The third-order valence-electron chi connectivity index (χ3n) is 3.90. The molecule has 0 saturated carbocycles. The molecular formula is C18H29N3O3. The molecule has 24 heavy (non-hydrogen) atoms. The first kappa shape index (κ1) is 18.5. The summed E-state index contributed by atoms with van der Waals surface area (Å²) in [5, 5.41) is 4.42.